The van der Waals surface area contributed by atoms with Crippen molar-refractivity contribution in [3.63, 3.8) is 0 Å². The van der Waals surface area contributed by atoms with E-state index in [1.807, 2.05) is 49.2 Å². The van der Waals surface area contributed by atoms with Gasteiger partial charge in [-0.15, -0.1) is 11.3 Å². The molecule has 0 amide bonds. The maximum absolute atomic E-state index is 15.1. The molecule has 51 heavy (non-hydrogen) atoms. The molecule has 0 saturated heterocycles. The van der Waals surface area contributed by atoms with E-state index >= 15 is 8.78 Å². The third-order valence-electron chi connectivity index (χ3n) is 8.75. The van der Waals surface area contributed by atoms with Gasteiger partial charge in [-0.05, 0) is 60.1 Å². The fourth-order valence-corrected chi connectivity index (χ4v) is 7.37. The average Bonchev–Trinajstić information content (AvgIpc) is 3.50. The summed E-state index contributed by atoms with van der Waals surface area (Å²) in [7, 11) is 1.86. The first kappa shape index (κ1) is 35.4. The van der Waals surface area contributed by atoms with Gasteiger partial charge in [-0.1, -0.05) is 68.4 Å². The number of pyridine rings is 1. The molecule has 0 aliphatic carbocycles. The van der Waals surface area contributed by atoms with Crippen LogP contribution in [0.15, 0.2) is 101 Å². The van der Waals surface area contributed by atoms with Gasteiger partial charge in [0.1, 0.15) is 27.9 Å². The Morgan fingerprint density at radius 2 is 1.49 bits per heavy atom. The molecule has 260 valence electrons. The lowest BCUT2D eigenvalue weighted by atomic mass is 10.0. The predicted octanol–water partition coefficient (Wildman–Crippen LogP) is 7.35. The summed E-state index contributed by atoms with van der Waals surface area (Å²) in [5.41, 5.74) is 1.98. The molecule has 0 spiro atoms. The van der Waals surface area contributed by atoms with Gasteiger partial charge in [-0.2, -0.15) is 0 Å². The van der Waals surface area contributed by atoms with Crippen LogP contribution >= 0.6 is 11.3 Å². The molecule has 0 N–H and O–H groups in total. The lowest BCUT2D eigenvalue weighted by Gasteiger charge is -2.18. The molecule has 0 radical (unpaired) electrons. The Balaban J connectivity index is 1.57. The minimum absolute atomic E-state index is 0.0691. The van der Waals surface area contributed by atoms with Crippen LogP contribution in [0.3, 0.4) is 0 Å². The molecule has 3 heterocycles. The Morgan fingerprint density at radius 3 is 2.16 bits per heavy atom. The summed E-state index contributed by atoms with van der Waals surface area (Å²) in [5, 5.41) is 0.246. The summed E-state index contributed by atoms with van der Waals surface area (Å²) < 4.78 is 32.5. The average molecular weight is 707 g/mol. The lowest BCUT2D eigenvalue weighted by Crippen LogP contribution is -2.39. The fraction of sp³-hybridized carbons (Fsp3) is 0.225. The van der Waals surface area contributed by atoms with Crippen molar-refractivity contribution in [3.8, 4) is 16.1 Å². The monoisotopic (exact) mass is 706 g/mol. The Hall–Kier alpha value is -5.39. The Labute approximate surface area is 297 Å². The van der Waals surface area contributed by atoms with Gasteiger partial charge in [0, 0.05) is 42.8 Å². The van der Waals surface area contributed by atoms with Crippen LogP contribution in [0.1, 0.15) is 59.6 Å². The molecule has 0 bridgehead atoms. The maximum atomic E-state index is 15.1. The third kappa shape index (κ3) is 7.40. The van der Waals surface area contributed by atoms with Gasteiger partial charge < -0.3 is 0 Å². The maximum Gasteiger partial charge on any atom is 0.337 e. The van der Waals surface area contributed by atoms with Crippen molar-refractivity contribution in [2.75, 3.05) is 7.05 Å². The predicted molar refractivity (Wildman–Crippen MR) is 196 cm³/mol. The van der Waals surface area contributed by atoms with Crippen molar-refractivity contribution in [2.24, 2.45) is 0 Å². The zero-order valence-corrected chi connectivity index (χ0v) is 29.3. The van der Waals surface area contributed by atoms with Gasteiger partial charge in [-0.25, -0.2) is 23.1 Å². The Kier molecular flexibility index (Phi) is 10.6. The number of benzene rings is 3. The summed E-state index contributed by atoms with van der Waals surface area (Å²) in [5.74, 6) is -1.58. The number of hydrogen-bond donors (Lipinski definition) is 0. The number of thiophene rings is 1. The molecular formula is C40H36F2N4O4S. The number of carbonyl (C=O) groups is 2. The van der Waals surface area contributed by atoms with E-state index in [-0.39, 0.29) is 33.9 Å². The number of fused-ring (bicyclic) bond motifs is 1. The number of halogens is 2. The van der Waals surface area contributed by atoms with Crippen LogP contribution in [-0.2, 0) is 30.8 Å². The van der Waals surface area contributed by atoms with Crippen LogP contribution in [0.2, 0.25) is 0 Å². The zero-order chi connectivity index (χ0) is 36.2. The van der Waals surface area contributed by atoms with Crippen molar-refractivity contribution in [2.45, 2.75) is 52.7 Å². The van der Waals surface area contributed by atoms with Crippen molar-refractivity contribution in [3.05, 3.63) is 152 Å². The first-order chi connectivity index (χ1) is 24.6. The minimum atomic E-state index is -0.808. The highest BCUT2D eigenvalue weighted by atomic mass is 32.1. The quantitative estimate of drug-likeness (QED) is 0.117. The largest absolute Gasteiger partial charge is 0.337 e. The molecular weight excluding hydrogens is 671 g/mol. The topological polar surface area (TPSA) is 94.3 Å². The van der Waals surface area contributed by atoms with Crippen LogP contribution in [0.25, 0.3) is 26.3 Å². The fourth-order valence-electron chi connectivity index (χ4n) is 6.07. The highest BCUT2D eigenvalue weighted by molar-refractivity contribution is 7.22. The van der Waals surface area contributed by atoms with Crippen LogP contribution in [0, 0.1) is 11.6 Å². The Bertz CT molecular complexity index is 2350. The highest BCUT2D eigenvalue weighted by Crippen LogP contribution is 2.38. The van der Waals surface area contributed by atoms with Crippen molar-refractivity contribution >= 4 is 33.1 Å². The number of Topliss-reactive ketones (excluding diaryl/α,β-unsaturated/α-hetero) is 2. The van der Waals surface area contributed by atoms with Crippen LogP contribution < -0.4 is 11.2 Å². The van der Waals surface area contributed by atoms with E-state index in [2.05, 4.69) is 4.98 Å². The first-order valence-corrected chi connectivity index (χ1v) is 17.5. The molecule has 11 heteroatoms. The highest BCUT2D eigenvalue weighted by Gasteiger charge is 2.26. The smallest absolute Gasteiger partial charge is 0.299 e. The molecule has 8 nitrogen and oxygen atoms in total. The molecule has 6 aromatic rings. The molecule has 0 aliphatic heterocycles. The van der Waals surface area contributed by atoms with Crippen LogP contribution in [0.4, 0.5) is 8.78 Å². The van der Waals surface area contributed by atoms with E-state index in [9.17, 15) is 19.2 Å². The number of nitrogens with zero attached hydrogens (tertiary/aromatic N) is 4. The summed E-state index contributed by atoms with van der Waals surface area (Å²) in [6.45, 7) is 3.72. The summed E-state index contributed by atoms with van der Waals surface area (Å²) in [4.78, 5) is 60.8. The number of para-hydroxylation sites is 1. The van der Waals surface area contributed by atoms with Gasteiger partial charge in [0.15, 0.2) is 5.78 Å². The number of hydrogen-bond acceptors (Lipinski definition) is 7. The Morgan fingerprint density at radius 1 is 0.804 bits per heavy atom. The summed E-state index contributed by atoms with van der Waals surface area (Å²) in [6.07, 6.45) is 1.04. The van der Waals surface area contributed by atoms with Crippen molar-refractivity contribution < 1.29 is 18.4 Å². The van der Waals surface area contributed by atoms with E-state index in [1.165, 1.54) is 22.0 Å². The molecule has 0 fully saturated rings. The molecule has 0 saturated carbocycles. The molecule has 0 aliphatic rings. The minimum Gasteiger partial charge on any atom is -0.299 e. The third-order valence-corrected chi connectivity index (χ3v) is 10.1. The molecule has 6 rings (SSSR count). The van der Waals surface area contributed by atoms with E-state index < -0.39 is 29.4 Å². The van der Waals surface area contributed by atoms with Crippen molar-refractivity contribution in [1.29, 1.82) is 0 Å². The van der Waals surface area contributed by atoms with Gasteiger partial charge in [0.05, 0.1) is 23.3 Å². The molecule has 3 aromatic heterocycles. The molecule has 0 unspecified atom stereocenters. The van der Waals surface area contributed by atoms with Gasteiger partial charge >= 0.3 is 5.69 Å². The van der Waals surface area contributed by atoms with Gasteiger partial charge in [0.25, 0.3) is 5.56 Å². The van der Waals surface area contributed by atoms with Crippen LogP contribution in [-0.4, -0.2) is 37.6 Å². The number of aromatic nitrogens is 3. The van der Waals surface area contributed by atoms with E-state index in [1.54, 1.807) is 49.4 Å². The van der Waals surface area contributed by atoms with E-state index in [4.69, 9.17) is 0 Å². The number of carbonyl (C=O) groups excluding carboxylic acids is 2. The van der Waals surface area contributed by atoms with Gasteiger partial charge in [0.2, 0.25) is 0 Å². The lowest BCUT2D eigenvalue weighted by molar-refractivity contribution is -0.118. The second kappa shape index (κ2) is 15.2. The standard InChI is InChI=1S/C40H36F2N4O4S/c1-4-29(47)21-25-17-19-26(20-18-25)37-31(23-44(3)22-27-11-9-16-34(43-27)35(48)5-2)36-38(49)46(28-12-7-6-8-13-28)40(50)45(39(36)51-37)24-30-32(41)14-10-15-33(30)42/h6-20H,4-5,21-24H2,1-3H3. The van der Waals surface area contributed by atoms with Crippen molar-refractivity contribution in [1.82, 2.24) is 19.0 Å². The normalized spacial score (nSPS) is 11.4. The summed E-state index contributed by atoms with van der Waals surface area (Å²) >= 11 is 1.20. The zero-order valence-electron chi connectivity index (χ0n) is 28.5. The van der Waals surface area contributed by atoms with E-state index in [0.29, 0.717) is 53.3 Å². The van der Waals surface area contributed by atoms with Gasteiger partial charge in [-0.3, -0.25) is 23.9 Å². The van der Waals surface area contributed by atoms with Crippen LogP contribution in [0.5, 0.6) is 0 Å². The number of ketones is 2. The molecule has 3 aromatic carbocycles. The summed E-state index contributed by atoms with van der Waals surface area (Å²) in [6, 6.07) is 24.7. The van der Waals surface area contributed by atoms with E-state index in [0.717, 1.165) is 27.8 Å². The SMILES string of the molecule is CCC(=O)Cc1ccc(-c2sc3c(c2CN(C)Cc2cccc(C(=O)CC)n2)c(=O)n(-c2ccccc2)c(=O)n3Cc2c(F)cccc2F)cc1. The first-order valence-electron chi connectivity index (χ1n) is 16.7. The second-order valence-electron chi connectivity index (χ2n) is 12.4. The second-order valence-corrected chi connectivity index (χ2v) is 13.4. The number of rotatable bonds is 13. The molecule has 0 atom stereocenters.